The van der Waals surface area contributed by atoms with E-state index in [9.17, 15) is 9.18 Å². The first-order valence-electron chi connectivity index (χ1n) is 5.38. The van der Waals surface area contributed by atoms with Crippen molar-refractivity contribution in [3.8, 4) is 5.75 Å². The zero-order valence-corrected chi connectivity index (χ0v) is 10.2. The number of halogens is 1. The third-order valence-corrected chi connectivity index (χ3v) is 2.53. The van der Waals surface area contributed by atoms with E-state index in [0.29, 0.717) is 0 Å². The van der Waals surface area contributed by atoms with Gasteiger partial charge < -0.3 is 15.4 Å². The molecule has 1 aromatic carbocycles. The monoisotopic (exact) mass is 240 g/mol. The number of hydrogen-bond acceptors (Lipinski definition) is 3. The largest absolute Gasteiger partial charge is 0.481 e. The fourth-order valence-electron chi connectivity index (χ4n) is 1.29. The third-order valence-electron chi connectivity index (χ3n) is 2.53. The first-order chi connectivity index (χ1) is 8.08. The summed E-state index contributed by atoms with van der Waals surface area (Å²) in [5.74, 6) is -0.675. The van der Waals surface area contributed by atoms with Gasteiger partial charge in [0, 0.05) is 13.1 Å². The molecule has 0 saturated heterocycles. The average Bonchev–Trinajstić information content (AvgIpc) is 2.35. The van der Waals surface area contributed by atoms with E-state index in [1.807, 2.05) is 6.92 Å². The quantitative estimate of drug-likeness (QED) is 0.814. The minimum Gasteiger partial charge on any atom is -0.481 e. The maximum absolute atomic E-state index is 13.6. The van der Waals surface area contributed by atoms with Crippen LogP contribution in [-0.2, 0) is 4.79 Å². The number of likely N-dealkylation sites (N-methyl/N-ethyl adjacent to an activating group) is 1. The molecule has 1 atom stereocenters. The van der Waals surface area contributed by atoms with Crippen LogP contribution in [0.2, 0.25) is 0 Å². The van der Waals surface area contributed by atoms with E-state index in [2.05, 4.69) is 10.6 Å². The highest BCUT2D eigenvalue weighted by molar-refractivity contribution is 5.77. The Kier molecular flexibility index (Phi) is 4.90. The Morgan fingerprint density at radius 3 is 2.71 bits per heavy atom. The summed E-state index contributed by atoms with van der Waals surface area (Å²) in [4.78, 5) is 10.9. The lowest BCUT2D eigenvalue weighted by molar-refractivity contribution is -0.122. The van der Waals surface area contributed by atoms with E-state index in [4.69, 9.17) is 4.74 Å². The number of carbonyl (C=O) groups is 1. The second-order valence-electron chi connectivity index (χ2n) is 3.66. The highest BCUT2D eigenvalue weighted by atomic mass is 19.1. The Balaban J connectivity index is 2.72. The van der Waals surface area contributed by atoms with Gasteiger partial charge in [-0.3, -0.25) is 4.79 Å². The molecule has 0 aromatic heterocycles. The molecule has 0 aliphatic rings. The number of rotatable bonds is 5. The molecule has 0 bridgehead atoms. The summed E-state index contributed by atoms with van der Waals surface area (Å²) in [7, 11) is 3.30. The Morgan fingerprint density at radius 2 is 2.18 bits per heavy atom. The molecule has 2 N–H and O–H groups in total. The van der Waals surface area contributed by atoms with Gasteiger partial charge in [-0.2, -0.15) is 0 Å². The summed E-state index contributed by atoms with van der Waals surface area (Å²) >= 11 is 0. The van der Waals surface area contributed by atoms with Crippen LogP contribution in [0, 0.1) is 5.82 Å². The second kappa shape index (κ2) is 6.20. The summed E-state index contributed by atoms with van der Waals surface area (Å²) in [6.07, 6.45) is 0. The van der Waals surface area contributed by atoms with Gasteiger partial charge in [-0.15, -0.1) is 0 Å². The number of ether oxygens (including phenoxy) is 1. The molecule has 1 aromatic rings. The highest BCUT2D eigenvalue weighted by Gasteiger charge is 2.09. The van der Waals surface area contributed by atoms with Crippen molar-refractivity contribution < 1.29 is 13.9 Å². The van der Waals surface area contributed by atoms with Crippen LogP contribution in [-0.4, -0.2) is 26.6 Å². The topological polar surface area (TPSA) is 50.4 Å². The molecule has 1 unspecified atom stereocenters. The predicted molar refractivity (Wildman–Crippen MR) is 63.4 cm³/mol. The Hall–Kier alpha value is -1.62. The fourth-order valence-corrected chi connectivity index (χ4v) is 1.29. The molecule has 0 heterocycles. The molecule has 4 nitrogen and oxygen atoms in total. The van der Waals surface area contributed by atoms with E-state index in [1.54, 1.807) is 13.1 Å². The van der Waals surface area contributed by atoms with Crippen LogP contribution < -0.4 is 15.4 Å². The Morgan fingerprint density at radius 1 is 1.47 bits per heavy atom. The van der Waals surface area contributed by atoms with Crippen molar-refractivity contribution in [2.45, 2.75) is 13.0 Å². The van der Waals surface area contributed by atoms with Gasteiger partial charge in [0.25, 0.3) is 5.91 Å². The van der Waals surface area contributed by atoms with Crippen LogP contribution in [0.1, 0.15) is 18.5 Å². The number of benzene rings is 1. The van der Waals surface area contributed by atoms with Crippen molar-refractivity contribution in [3.05, 3.63) is 29.6 Å². The van der Waals surface area contributed by atoms with Crippen LogP contribution in [0.3, 0.4) is 0 Å². The molecular weight excluding hydrogens is 223 g/mol. The second-order valence-corrected chi connectivity index (χ2v) is 3.66. The SMILES string of the molecule is CNC(=O)COc1ccc(C(C)NC)cc1F. The molecule has 5 heteroatoms. The molecule has 0 aliphatic carbocycles. The molecule has 0 radical (unpaired) electrons. The van der Waals surface area contributed by atoms with Gasteiger partial charge in [-0.05, 0) is 31.7 Å². The summed E-state index contributed by atoms with van der Waals surface area (Å²) < 4.78 is 18.7. The molecule has 1 amide bonds. The van der Waals surface area contributed by atoms with E-state index in [0.717, 1.165) is 5.56 Å². The zero-order valence-electron chi connectivity index (χ0n) is 10.2. The van der Waals surface area contributed by atoms with Gasteiger partial charge >= 0.3 is 0 Å². The zero-order chi connectivity index (χ0) is 12.8. The number of hydrogen-bond donors (Lipinski definition) is 2. The molecule has 0 fully saturated rings. The third kappa shape index (κ3) is 3.71. The number of carbonyl (C=O) groups excluding carboxylic acids is 1. The minimum absolute atomic E-state index is 0.0671. The van der Waals surface area contributed by atoms with Crippen molar-refractivity contribution in [1.29, 1.82) is 0 Å². The molecule has 0 spiro atoms. The maximum atomic E-state index is 13.6. The summed E-state index contributed by atoms with van der Waals surface area (Å²) in [5.41, 5.74) is 0.831. The molecule has 94 valence electrons. The Bertz CT molecular complexity index is 396. The molecular formula is C12H17FN2O2. The fraction of sp³-hybridized carbons (Fsp3) is 0.417. The lowest BCUT2D eigenvalue weighted by atomic mass is 10.1. The van der Waals surface area contributed by atoms with Crippen molar-refractivity contribution in [2.75, 3.05) is 20.7 Å². The molecule has 17 heavy (non-hydrogen) atoms. The lowest BCUT2D eigenvalue weighted by Gasteiger charge is -2.12. The van der Waals surface area contributed by atoms with Crippen LogP contribution in [0.25, 0.3) is 0 Å². The smallest absolute Gasteiger partial charge is 0.257 e. The van der Waals surface area contributed by atoms with Gasteiger partial charge in [-0.25, -0.2) is 4.39 Å². The Labute approximate surface area is 100 Å². The first-order valence-corrected chi connectivity index (χ1v) is 5.38. The maximum Gasteiger partial charge on any atom is 0.257 e. The minimum atomic E-state index is -0.464. The van der Waals surface area contributed by atoms with Gasteiger partial charge in [0.2, 0.25) is 0 Å². The van der Waals surface area contributed by atoms with Gasteiger partial charge in [-0.1, -0.05) is 6.07 Å². The van der Waals surface area contributed by atoms with E-state index in [-0.39, 0.29) is 24.3 Å². The summed E-state index contributed by atoms with van der Waals surface area (Å²) in [5, 5.41) is 5.41. The van der Waals surface area contributed by atoms with Crippen molar-refractivity contribution in [2.24, 2.45) is 0 Å². The van der Waals surface area contributed by atoms with Gasteiger partial charge in [0.1, 0.15) is 0 Å². The van der Waals surface area contributed by atoms with Crippen LogP contribution in [0.15, 0.2) is 18.2 Å². The standard InChI is InChI=1S/C12H17FN2O2/c1-8(14-2)9-4-5-11(10(13)6-9)17-7-12(16)15-3/h4-6,8,14H,7H2,1-3H3,(H,15,16). The van der Waals surface area contributed by atoms with Gasteiger partial charge in [0.05, 0.1) is 0 Å². The average molecular weight is 240 g/mol. The van der Waals surface area contributed by atoms with Crippen LogP contribution >= 0.6 is 0 Å². The van der Waals surface area contributed by atoms with Gasteiger partial charge in [0.15, 0.2) is 18.2 Å². The van der Waals surface area contributed by atoms with Crippen molar-refractivity contribution in [1.82, 2.24) is 10.6 Å². The molecule has 0 aliphatic heterocycles. The van der Waals surface area contributed by atoms with Crippen molar-refractivity contribution >= 4 is 5.91 Å². The lowest BCUT2D eigenvalue weighted by Crippen LogP contribution is -2.25. The number of nitrogens with one attached hydrogen (secondary N) is 2. The molecule has 0 saturated carbocycles. The summed E-state index contributed by atoms with van der Waals surface area (Å²) in [6.45, 7) is 1.74. The van der Waals surface area contributed by atoms with Crippen molar-refractivity contribution in [3.63, 3.8) is 0 Å². The van der Waals surface area contributed by atoms with E-state index in [1.165, 1.54) is 19.2 Å². The normalized spacial score (nSPS) is 12.0. The molecule has 1 rings (SSSR count). The predicted octanol–water partition coefficient (Wildman–Crippen LogP) is 1.23. The summed E-state index contributed by atoms with van der Waals surface area (Å²) in [6, 6.07) is 4.77. The highest BCUT2D eigenvalue weighted by Crippen LogP contribution is 2.21. The van der Waals surface area contributed by atoms with Crippen LogP contribution in [0.4, 0.5) is 4.39 Å². The number of amides is 1. The van der Waals surface area contributed by atoms with E-state index >= 15 is 0 Å². The van der Waals surface area contributed by atoms with E-state index < -0.39 is 5.82 Å². The first kappa shape index (κ1) is 13.4. The van der Waals surface area contributed by atoms with Crippen LogP contribution in [0.5, 0.6) is 5.75 Å².